The van der Waals surface area contributed by atoms with Gasteiger partial charge in [0, 0.05) is 34.7 Å². The summed E-state index contributed by atoms with van der Waals surface area (Å²) >= 11 is 5.82. The normalized spacial score (nSPS) is 16.3. The van der Waals surface area contributed by atoms with Crippen molar-refractivity contribution in [1.29, 1.82) is 0 Å². The first-order valence-corrected chi connectivity index (χ1v) is 9.66. The van der Waals surface area contributed by atoms with E-state index in [1.165, 1.54) is 12.1 Å². The van der Waals surface area contributed by atoms with Crippen LogP contribution >= 0.6 is 11.6 Å². The first-order valence-electron chi connectivity index (χ1n) is 9.28. The number of carbonyl (C=O) groups is 3. The first-order chi connectivity index (χ1) is 14.3. The number of hydrogen-bond acceptors (Lipinski definition) is 3. The summed E-state index contributed by atoms with van der Waals surface area (Å²) in [7, 11) is 0. The van der Waals surface area contributed by atoms with Gasteiger partial charge in [-0.1, -0.05) is 11.6 Å². The summed E-state index contributed by atoms with van der Waals surface area (Å²) in [5.74, 6) is -2.61. The fourth-order valence-electron chi connectivity index (χ4n) is 3.63. The van der Waals surface area contributed by atoms with Crippen molar-refractivity contribution in [3.05, 3.63) is 64.6 Å². The Bertz CT molecular complexity index is 1160. The molecule has 2 aromatic carbocycles. The van der Waals surface area contributed by atoms with Gasteiger partial charge in [-0.15, -0.1) is 0 Å². The lowest BCUT2D eigenvalue weighted by Crippen LogP contribution is -2.36. The molecule has 2 heterocycles. The number of nitrogens with two attached hydrogens (primary N) is 1. The molecule has 1 aromatic heterocycles. The minimum absolute atomic E-state index is 0.0747. The molecule has 0 spiro atoms. The average molecular weight is 429 g/mol. The van der Waals surface area contributed by atoms with Gasteiger partial charge in [0.2, 0.25) is 11.8 Å². The van der Waals surface area contributed by atoms with E-state index < -0.39 is 23.5 Å². The number of H-pyrrole nitrogens is 1. The Balaban J connectivity index is 1.45. The molecule has 1 fully saturated rings. The van der Waals surface area contributed by atoms with Gasteiger partial charge in [-0.25, -0.2) is 4.39 Å². The third-order valence-corrected chi connectivity index (χ3v) is 5.31. The molecule has 0 aliphatic carbocycles. The van der Waals surface area contributed by atoms with Gasteiger partial charge in [-0.3, -0.25) is 14.4 Å². The summed E-state index contributed by atoms with van der Waals surface area (Å²) in [6, 6.07) is 10.9. The zero-order valence-corrected chi connectivity index (χ0v) is 16.5. The number of hydrogen-bond donors (Lipinski definition) is 3. The monoisotopic (exact) mass is 428 g/mol. The van der Waals surface area contributed by atoms with E-state index in [9.17, 15) is 18.8 Å². The number of anilines is 1. The van der Waals surface area contributed by atoms with Gasteiger partial charge in [0.05, 0.1) is 0 Å². The second kappa shape index (κ2) is 7.79. The lowest BCUT2D eigenvalue weighted by atomic mass is 10.1. The van der Waals surface area contributed by atoms with Crippen LogP contribution in [0.3, 0.4) is 0 Å². The smallest absolute Gasteiger partial charge is 0.265 e. The maximum atomic E-state index is 13.4. The van der Waals surface area contributed by atoms with E-state index in [1.807, 2.05) is 0 Å². The third-order valence-electron chi connectivity index (χ3n) is 5.09. The Morgan fingerprint density at radius 3 is 2.77 bits per heavy atom. The Morgan fingerprint density at radius 1 is 1.23 bits per heavy atom. The van der Waals surface area contributed by atoms with Gasteiger partial charge in [-0.2, -0.15) is 0 Å². The van der Waals surface area contributed by atoms with Crippen molar-refractivity contribution in [2.24, 2.45) is 11.7 Å². The van der Waals surface area contributed by atoms with E-state index in [1.54, 1.807) is 35.2 Å². The number of carbonyl (C=O) groups excluding carboxylic acids is 3. The van der Waals surface area contributed by atoms with E-state index in [0.29, 0.717) is 24.2 Å². The van der Waals surface area contributed by atoms with Crippen molar-refractivity contribution in [3.8, 4) is 0 Å². The Kier molecular flexibility index (Phi) is 5.17. The third kappa shape index (κ3) is 3.86. The molecule has 4 N–H and O–H groups in total. The van der Waals surface area contributed by atoms with E-state index in [4.69, 9.17) is 17.3 Å². The molecule has 4 rings (SSSR count). The molecule has 3 aromatic rings. The van der Waals surface area contributed by atoms with Crippen molar-refractivity contribution in [2.45, 2.75) is 13.0 Å². The van der Waals surface area contributed by atoms with Crippen LogP contribution < -0.4 is 16.0 Å². The summed E-state index contributed by atoms with van der Waals surface area (Å²) in [6.07, 6.45) is 0.367. The van der Waals surface area contributed by atoms with E-state index >= 15 is 0 Å². The van der Waals surface area contributed by atoms with E-state index in [-0.39, 0.29) is 23.2 Å². The molecule has 0 saturated carbocycles. The number of primary amides is 1. The maximum absolute atomic E-state index is 13.4. The fourth-order valence-corrected chi connectivity index (χ4v) is 3.87. The van der Waals surface area contributed by atoms with Gasteiger partial charge in [-0.05, 0) is 54.4 Å². The van der Waals surface area contributed by atoms with Crippen LogP contribution in [0.2, 0.25) is 5.02 Å². The molecule has 1 aliphatic heterocycles. The molecule has 9 heteroatoms. The van der Waals surface area contributed by atoms with Gasteiger partial charge < -0.3 is 20.9 Å². The molecule has 1 saturated heterocycles. The van der Waals surface area contributed by atoms with Crippen LogP contribution in [0.15, 0.2) is 42.5 Å². The fraction of sp³-hybridized carbons (Fsp3) is 0.190. The van der Waals surface area contributed by atoms with Crippen molar-refractivity contribution in [2.75, 3.05) is 11.4 Å². The standard InChI is InChI=1S/C21H18ClFN4O3/c22-13-5-11(6-14(23)9-13)10-25-20(29)16-3-4-27(21(16)30)15-1-2-17-12(7-15)8-18(26-17)19(24)28/h1-2,5-9,16,26H,3-4,10H2,(H2,24,28)(H,25,29). The van der Waals surface area contributed by atoms with E-state index in [0.717, 1.165) is 10.9 Å². The van der Waals surface area contributed by atoms with Crippen LogP contribution in [-0.2, 0) is 16.1 Å². The highest BCUT2D eigenvalue weighted by Gasteiger charge is 2.37. The van der Waals surface area contributed by atoms with Gasteiger partial charge in [0.15, 0.2) is 0 Å². The number of benzene rings is 2. The zero-order valence-electron chi connectivity index (χ0n) is 15.7. The Labute approximate surface area is 176 Å². The number of rotatable bonds is 5. The molecule has 7 nitrogen and oxygen atoms in total. The highest BCUT2D eigenvalue weighted by Crippen LogP contribution is 2.29. The SMILES string of the molecule is NC(=O)c1cc2cc(N3CCC(C(=O)NCc4cc(F)cc(Cl)c4)C3=O)ccc2[nH]1. The topological polar surface area (TPSA) is 108 Å². The molecule has 0 bridgehead atoms. The lowest BCUT2D eigenvalue weighted by Gasteiger charge is -2.17. The van der Waals surface area contributed by atoms with Crippen LogP contribution in [0.4, 0.5) is 10.1 Å². The number of aromatic nitrogens is 1. The summed E-state index contributed by atoms with van der Waals surface area (Å²) < 4.78 is 13.4. The minimum atomic E-state index is -0.822. The molecule has 0 radical (unpaired) electrons. The Morgan fingerprint density at radius 2 is 2.03 bits per heavy atom. The second-order valence-corrected chi connectivity index (χ2v) is 7.58. The zero-order chi connectivity index (χ0) is 21.4. The number of aromatic amines is 1. The van der Waals surface area contributed by atoms with Crippen LogP contribution in [-0.4, -0.2) is 29.3 Å². The summed E-state index contributed by atoms with van der Waals surface area (Å²) in [6.45, 7) is 0.465. The van der Waals surface area contributed by atoms with Crippen molar-refractivity contribution < 1.29 is 18.8 Å². The molecule has 3 amide bonds. The van der Waals surface area contributed by atoms with Crippen LogP contribution in [0.5, 0.6) is 0 Å². The number of halogens is 2. The quantitative estimate of drug-likeness (QED) is 0.543. The molecule has 30 heavy (non-hydrogen) atoms. The summed E-state index contributed by atoms with van der Waals surface area (Å²) in [4.78, 5) is 41.1. The summed E-state index contributed by atoms with van der Waals surface area (Å²) in [5.41, 5.74) is 7.44. The maximum Gasteiger partial charge on any atom is 0.265 e. The molecule has 1 aliphatic rings. The largest absolute Gasteiger partial charge is 0.364 e. The van der Waals surface area contributed by atoms with Crippen molar-refractivity contribution in [3.63, 3.8) is 0 Å². The highest BCUT2D eigenvalue weighted by molar-refractivity contribution is 6.30. The lowest BCUT2D eigenvalue weighted by molar-refractivity contribution is -0.132. The van der Waals surface area contributed by atoms with Crippen molar-refractivity contribution in [1.82, 2.24) is 10.3 Å². The number of nitrogens with one attached hydrogen (secondary N) is 2. The first kappa shape index (κ1) is 19.9. The second-order valence-electron chi connectivity index (χ2n) is 7.15. The molecule has 1 unspecified atom stereocenters. The predicted octanol–water partition coefficient (Wildman–Crippen LogP) is 2.73. The van der Waals surface area contributed by atoms with E-state index in [2.05, 4.69) is 10.3 Å². The number of nitrogens with zero attached hydrogens (tertiary/aromatic N) is 1. The Hall–Kier alpha value is -3.39. The molecule has 1 atom stereocenters. The number of fused-ring (bicyclic) bond motifs is 1. The van der Waals surface area contributed by atoms with Crippen LogP contribution in [0.1, 0.15) is 22.5 Å². The molecule has 154 valence electrons. The van der Waals surface area contributed by atoms with Crippen LogP contribution in [0.25, 0.3) is 10.9 Å². The van der Waals surface area contributed by atoms with Crippen molar-refractivity contribution >= 4 is 45.9 Å². The number of amides is 3. The summed E-state index contributed by atoms with van der Waals surface area (Å²) in [5, 5.41) is 3.65. The van der Waals surface area contributed by atoms with Gasteiger partial charge in [0.25, 0.3) is 5.91 Å². The average Bonchev–Trinajstić information content (AvgIpc) is 3.28. The molecular formula is C21H18ClFN4O3. The van der Waals surface area contributed by atoms with Gasteiger partial charge >= 0.3 is 0 Å². The van der Waals surface area contributed by atoms with Crippen LogP contribution in [0, 0.1) is 11.7 Å². The highest BCUT2D eigenvalue weighted by atomic mass is 35.5. The minimum Gasteiger partial charge on any atom is -0.364 e. The van der Waals surface area contributed by atoms with Gasteiger partial charge in [0.1, 0.15) is 17.4 Å². The predicted molar refractivity (Wildman–Crippen MR) is 111 cm³/mol. The molecular weight excluding hydrogens is 411 g/mol.